The van der Waals surface area contributed by atoms with Crippen molar-refractivity contribution in [2.24, 2.45) is 10.9 Å². The first-order valence-electron chi connectivity index (χ1n) is 4.56. The van der Waals surface area contributed by atoms with Crippen molar-refractivity contribution in [3.63, 3.8) is 0 Å². The molecule has 0 amide bonds. The fourth-order valence-electron chi connectivity index (χ4n) is 1.15. The van der Waals surface area contributed by atoms with Crippen LogP contribution in [0.25, 0.3) is 0 Å². The summed E-state index contributed by atoms with van der Waals surface area (Å²) in [6, 6.07) is 6.30. The van der Waals surface area contributed by atoms with Gasteiger partial charge in [-0.3, -0.25) is 0 Å². The minimum absolute atomic E-state index is 0.139. The molecule has 1 aromatic carbocycles. The average molecular weight is 322 g/mol. The Morgan fingerprint density at radius 2 is 2.24 bits per heavy atom. The van der Waals surface area contributed by atoms with E-state index in [9.17, 15) is 8.42 Å². The molecule has 0 saturated heterocycles. The summed E-state index contributed by atoms with van der Waals surface area (Å²) < 4.78 is 25.8. The molecule has 0 aliphatic heterocycles. The molecule has 1 rings (SSSR count). The van der Waals surface area contributed by atoms with Crippen LogP contribution in [0.15, 0.2) is 38.8 Å². The molecule has 1 aromatic rings. The lowest BCUT2D eigenvalue weighted by Crippen LogP contribution is -2.35. The Hall–Kier alpha value is -1.12. The summed E-state index contributed by atoms with van der Waals surface area (Å²) in [5, 5.41) is 11.1. The molecule has 0 fully saturated rings. The molecule has 0 aliphatic rings. The highest BCUT2D eigenvalue weighted by Gasteiger charge is 2.21. The molecule has 0 heterocycles. The Morgan fingerprint density at radius 1 is 1.59 bits per heavy atom. The first kappa shape index (κ1) is 13.9. The molecule has 8 heteroatoms. The van der Waals surface area contributed by atoms with E-state index in [1.807, 2.05) is 0 Å². The topological polar surface area (TPSA) is 96.0 Å². The number of nitrogens with zero attached hydrogens (tertiary/aromatic N) is 2. The lowest BCUT2D eigenvalue weighted by molar-refractivity contribution is 0.315. The maximum Gasteiger partial charge on any atom is 0.243 e. The van der Waals surface area contributed by atoms with Gasteiger partial charge in [-0.15, -0.1) is 0 Å². The Kier molecular flexibility index (Phi) is 4.49. The first-order valence-corrected chi connectivity index (χ1v) is 6.79. The number of oxime groups is 1. The van der Waals surface area contributed by atoms with Gasteiger partial charge in [0, 0.05) is 11.5 Å². The van der Waals surface area contributed by atoms with E-state index in [0.29, 0.717) is 4.47 Å². The fraction of sp³-hybridized carbons (Fsp3) is 0.222. The molecule has 94 valence electrons. The van der Waals surface area contributed by atoms with Crippen molar-refractivity contribution >= 4 is 31.8 Å². The zero-order chi connectivity index (χ0) is 13.1. The van der Waals surface area contributed by atoms with Gasteiger partial charge in [0.2, 0.25) is 10.0 Å². The first-order chi connectivity index (χ1) is 7.87. The standard InChI is InChI=1S/C9H12BrN3O3S/c1-13(6-9(11)12-14)17(15,16)8-4-2-3-7(10)5-8/h2-5,14H,6H2,1H3,(H2,11,12). The number of hydrogen-bond acceptors (Lipinski definition) is 4. The molecule has 3 N–H and O–H groups in total. The van der Waals surface area contributed by atoms with Crippen LogP contribution in [0.4, 0.5) is 0 Å². The van der Waals surface area contributed by atoms with Gasteiger partial charge in [0.15, 0.2) is 5.84 Å². The summed E-state index contributed by atoms with van der Waals surface area (Å²) in [4.78, 5) is 0.139. The highest BCUT2D eigenvalue weighted by atomic mass is 79.9. The predicted molar refractivity (Wildman–Crippen MR) is 67.4 cm³/mol. The van der Waals surface area contributed by atoms with Gasteiger partial charge >= 0.3 is 0 Å². The second-order valence-corrected chi connectivity index (χ2v) is 6.27. The maximum absolute atomic E-state index is 12.0. The van der Waals surface area contributed by atoms with Crippen LogP contribution in [-0.4, -0.2) is 37.4 Å². The van der Waals surface area contributed by atoms with E-state index in [2.05, 4.69) is 21.1 Å². The van der Waals surface area contributed by atoms with Crippen LogP contribution in [0.1, 0.15) is 0 Å². The van der Waals surface area contributed by atoms with Crippen LogP contribution in [0.3, 0.4) is 0 Å². The summed E-state index contributed by atoms with van der Waals surface area (Å²) >= 11 is 3.20. The van der Waals surface area contributed by atoms with E-state index in [1.165, 1.54) is 19.2 Å². The number of nitrogens with two attached hydrogens (primary N) is 1. The quantitative estimate of drug-likeness (QED) is 0.371. The molecule has 0 aromatic heterocycles. The van der Waals surface area contributed by atoms with Crippen molar-refractivity contribution in [1.29, 1.82) is 0 Å². The smallest absolute Gasteiger partial charge is 0.243 e. The number of hydrogen-bond donors (Lipinski definition) is 2. The van der Waals surface area contributed by atoms with Crippen LogP contribution in [0, 0.1) is 0 Å². The lowest BCUT2D eigenvalue weighted by atomic mass is 10.4. The zero-order valence-electron chi connectivity index (χ0n) is 9.04. The van der Waals surface area contributed by atoms with Crippen LogP contribution in [-0.2, 0) is 10.0 Å². The summed E-state index contributed by atoms with van der Waals surface area (Å²) in [7, 11) is -2.28. The molecule has 0 atom stereocenters. The maximum atomic E-state index is 12.0. The molecule has 0 bridgehead atoms. The molecule has 0 aliphatic carbocycles. The van der Waals surface area contributed by atoms with Gasteiger partial charge < -0.3 is 10.9 Å². The summed E-state index contributed by atoms with van der Waals surface area (Å²) in [6.07, 6.45) is 0. The third kappa shape index (κ3) is 3.42. The average Bonchev–Trinajstić information content (AvgIpc) is 2.28. The number of sulfonamides is 1. The highest BCUT2D eigenvalue weighted by Crippen LogP contribution is 2.18. The minimum Gasteiger partial charge on any atom is -0.409 e. The zero-order valence-corrected chi connectivity index (χ0v) is 11.4. The third-order valence-corrected chi connectivity index (χ3v) is 4.31. The second-order valence-electron chi connectivity index (χ2n) is 3.31. The largest absolute Gasteiger partial charge is 0.409 e. The number of rotatable bonds is 4. The van der Waals surface area contributed by atoms with E-state index >= 15 is 0 Å². The molecule has 17 heavy (non-hydrogen) atoms. The normalized spacial score (nSPS) is 13.0. The van der Waals surface area contributed by atoms with Crippen molar-refractivity contribution in [2.45, 2.75) is 4.90 Å². The van der Waals surface area contributed by atoms with Gasteiger partial charge in [0.1, 0.15) is 0 Å². The van der Waals surface area contributed by atoms with E-state index in [1.54, 1.807) is 12.1 Å². The molecule has 6 nitrogen and oxygen atoms in total. The van der Waals surface area contributed by atoms with Gasteiger partial charge in [-0.25, -0.2) is 8.42 Å². The number of benzene rings is 1. The molecule has 0 saturated carbocycles. The van der Waals surface area contributed by atoms with Gasteiger partial charge in [0.25, 0.3) is 0 Å². The monoisotopic (exact) mass is 321 g/mol. The van der Waals surface area contributed by atoms with Gasteiger partial charge in [-0.2, -0.15) is 4.31 Å². The number of amidine groups is 1. The Morgan fingerprint density at radius 3 is 2.76 bits per heavy atom. The van der Waals surface area contributed by atoms with Gasteiger partial charge in [0.05, 0.1) is 11.4 Å². The lowest BCUT2D eigenvalue weighted by Gasteiger charge is -2.16. The molecule has 0 radical (unpaired) electrons. The Bertz CT molecular complexity index is 530. The SMILES string of the molecule is CN(CC(N)=NO)S(=O)(=O)c1cccc(Br)c1. The van der Waals surface area contributed by atoms with Crippen LogP contribution >= 0.6 is 15.9 Å². The second kappa shape index (κ2) is 5.48. The van der Waals surface area contributed by atoms with Crippen molar-refractivity contribution in [3.05, 3.63) is 28.7 Å². The predicted octanol–water partition coefficient (Wildman–Crippen LogP) is 0.816. The third-order valence-electron chi connectivity index (χ3n) is 2.02. The Labute approximate surface area is 108 Å². The fourth-order valence-corrected chi connectivity index (χ4v) is 2.89. The summed E-state index contributed by atoms with van der Waals surface area (Å²) in [6.45, 7) is -0.175. The van der Waals surface area contributed by atoms with Crippen LogP contribution in [0.2, 0.25) is 0 Å². The van der Waals surface area contributed by atoms with E-state index < -0.39 is 10.0 Å². The summed E-state index contributed by atoms with van der Waals surface area (Å²) in [5.74, 6) is -0.175. The van der Waals surface area contributed by atoms with Crippen LogP contribution in [0.5, 0.6) is 0 Å². The van der Waals surface area contributed by atoms with Gasteiger partial charge in [-0.1, -0.05) is 27.2 Å². The Balaban J connectivity index is 3.03. The highest BCUT2D eigenvalue weighted by molar-refractivity contribution is 9.10. The minimum atomic E-state index is -3.64. The molecular weight excluding hydrogens is 310 g/mol. The van der Waals surface area contributed by atoms with E-state index in [-0.39, 0.29) is 17.3 Å². The number of halogens is 1. The van der Waals surface area contributed by atoms with Crippen molar-refractivity contribution in [2.75, 3.05) is 13.6 Å². The van der Waals surface area contributed by atoms with Crippen LogP contribution < -0.4 is 5.73 Å². The number of likely N-dealkylation sites (N-methyl/N-ethyl adjacent to an activating group) is 1. The molecular formula is C9H12BrN3O3S. The van der Waals surface area contributed by atoms with Crippen molar-refractivity contribution in [1.82, 2.24) is 4.31 Å². The van der Waals surface area contributed by atoms with Crippen molar-refractivity contribution in [3.8, 4) is 0 Å². The van der Waals surface area contributed by atoms with E-state index in [4.69, 9.17) is 10.9 Å². The summed E-state index contributed by atoms with van der Waals surface area (Å²) in [5.41, 5.74) is 5.26. The van der Waals surface area contributed by atoms with E-state index in [0.717, 1.165) is 4.31 Å². The van der Waals surface area contributed by atoms with Gasteiger partial charge in [-0.05, 0) is 18.2 Å². The van der Waals surface area contributed by atoms with Crippen molar-refractivity contribution < 1.29 is 13.6 Å². The molecule has 0 spiro atoms. The molecule has 0 unspecified atom stereocenters.